The fraction of sp³-hybridized carbons (Fsp3) is 0.462. The molecule has 0 bridgehead atoms. The van der Waals surface area contributed by atoms with Gasteiger partial charge < -0.3 is 10.5 Å². The number of rotatable bonds is 3. The fourth-order valence-corrected chi connectivity index (χ4v) is 1.99. The van der Waals surface area contributed by atoms with Crippen LogP contribution in [0.1, 0.15) is 19.8 Å². The molecule has 2 unspecified atom stereocenters. The summed E-state index contributed by atoms with van der Waals surface area (Å²) in [5.74, 6) is -1.45. The van der Waals surface area contributed by atoms with E-state index in [1.807, 2.05) is 0 Å². The minimum absolute atomic E-state index is 0.226. The molecule has 0 amide bonds. The molecule has 2 atom stereocenters. The molecule has 5 heteroatoms. The van der Waals surface area contributed by atoms with E-state index < -0.39 is 11.6 Å². The molecule has 0 radical (unpaired) electrons. The van der Waals surface area contributed by atoms with E-state index in [0.29, 0.717) is 24.5 Å². The Morgan fingerprint density at radius 3 is 2.78 bits per heavy atom. The lowest BCUT2D eigenvalue weighted by atomic mass is 9.85. The number of nitrogens with two attached hydrogens (primary N) is 1. The van der Waals surface area contributed by atoms with Gasteiger partial charge in [-0.1, -0.05) is 19.1 Å². The van der Waals surface area contributed by atoms with Crippen LogP contribution in [0.2, 0.25) is 0 Å². The summed E-state index contributed by atoms with van der Waals surface area (Å²) >= 11 is 0. The first kappa shape index (κ1) is 12.8. The van der Waals surface area contributed by atoms with E-state index in [0.717, 1.165) is 12.8 Å². The number of aromatic nitrogens is 1. The van der Waals surface area contributed by atoms with Crippen molar-refractivity contribution in [3.63, 3.8) is 0 Å². The average Bonchev–Trinajstić information content (AvgIpc) is 2.34. The highest BCUT2D eigenvalue weighted by Gasteiger charge is 2.20. The Labute approximate surface area is 105 Å². The van der Waals surface area contributed by atoms with Gasteiger partial charge in [0.1, 0.15) is 0 Å². The lowest BCUT2D eigenvalue weighted by Gasteiger charge is -2.24. The van der Waals surface area contributed by atoms with Crippen molar-refractivity contribution in [3.05, 3.63) is 29.9 Å². The van der Waals surface area contributed by atoms with Gasteiger partial charge in [-0.2, -0.15) is 4.98 Å². The zero-order valence-electron chi connectivity index (χ0n) is 10.2. The number of pyridine rings is 1. The minimum atomic E-state index is -0.867. The number of hydrogen-bond acceptors (Lipinski definition) is 3. The largest absolute Gasteiger partial charge is 0.475 e. The highest BCUT2D eigenvalue weighted by Crippen LogP contribution is 2.26. The first-order valence-corrected chi connectivity index (χ1v) is 5.97. The third-order valence-corrected chi connectivity index (χ3v) is 3.28. The molecule has 1 aromatic rings. The second kappa shape index (κ2) is 5.33. The van der Waals surface area contributed by atoms with Gasteiger partial charge >= 0.3 is 0 Å². The molecule has 1 aromatic heterocycles. The topological polar surface area (TPSA) is 48.1 Å². The average molecular weight is 254 g/mol. The zero-order chi connectivity index (χ0) is 13.1. The Morgan fingerprint density at radius 2 is 2.06 bits per heavy atom. The quantitative estimate of drug-likeness (QED) is 0.844. The Balaban J connectivity index is 2.02. The summed E-state index contributed by atoms with van der Waals surface area (Å²) in [7, 11) is 0. The maximum atomic E-state index is 13.4. The predicted octanol–water partition coefficient (Wildman–Crippen LogP) is 2.92. The monoisotopic (exact) mass is 254 g/mol. The number of allylic oxidation sites excluding steroid dienone is 2. The SMILES string of the molecule is CC1CC=CCC1COc1nc(N)c(F)cc1F. The van der Waals surface area contributed by atoms with Gasteiger partial charge in [-0.05, 0) is 24.7 Å². The molecule has 0 aromatic carbocycles. The smallest absolute Gasteiger partial charge is 0.252 e. The molecule has 98 valence electrons. The van der Waals surface area contributed by atoms with Crippen LogP contribution in [0.3, 0.4) is 0 Å². The fourth-order valence-electron chi connectivity index (χ4n) is 1.99. The molecule has 0 fully saturated rings. The summed E-state index contributed by atoms with van der Waals surface area (Å²) in [4.78, 5) is 3.57. The molecule has 0 saturated heterocycles. The number of nitrogens with zero attached hydrogens (tertiary/aromatic N) is 1. The molecule has 3 nitrogen and oxygen atoms in total. The lowest BCUT2D eigenvalue weighted by molar-refractivity contribution is 0.186. The molecule has 0 saturated carbocycles. The van der Waals surface area contributed by atoms with Crippen LogP contribution in [0, 0.1) is 23.5 Å². The first-order chi connectivity index (χ1) is 8.58. The number of nitrogen functional groups attached to an aromatic ring is 1. The van der Waals surface area contributed by atoms with Gasteiger partial charge in [0.15, 0.2) is 17.5 Å². The second-order valence-corrected chi connectivity index (χ2v) is 4.63. The van der Waals surface area contributed by atoms with Crippen molar-refractivity contribution < 1.29 is 13.5 Å². The van der Waals surface area contributed by atoms with Crippen LogP contribution < -0.4 is 10.5 Å². The van der Waals surface area contributed by atoms with Gasteiger partial charge in [0.2, 0.25) is 0 Å². The molecule has 0 spiro atoms. The normalized spacial score (nSPS) is 23.1. The van der Waals surface area contributed by atoms with Gasteiger partial charge in [-0.3, -0.25) is 0 Å². The van der Waals surface area contributed by atoms with Gasteiger partial charge in [0, 0.05) is 6.07 Å². The summed E-state index contributed by atoms with van der Waals surface area (Å²) < 4.78 is 31.6. The summed E-state index contributed by atoms with van der Waals surface area (Å²) in [6, 6.07) is 0.696. The molecule has 18 heavy (non-hydrogen) atoms. The number of hydrogen-bond donors (Lipinski definition) is 1. The highest BCUT2D eigenvalue weighted by molar-refractivity contribution is 5.34. The van der Waals surface area contributed by atoms with Crippen molar-refractivity contribution in [1.82, 2.24) is 4.98 Å². The predicted molar refractivity (Wildman–Crippen MR) is 65.1 cm³/mol. The minimum Gasteiger partial charge on any atom is -0.475 e. The number of halogens is 2. The summed E-state index contributed by atoms with van der Waals surface area (Å²) in [6.45, 7) is 2.49. The summed E-state index contributed by atoms with van der Waals surface area (Å²) in [6.07, 6.45) is 6.13. The van der Waals surface area contributed by atoms with E-state index in [9.17, 15) is 8.78 Å². The molecule has 1 aliphatic rings. The van der Waals surface area contributed by atoms with Gasteiger partial charge in [-0.25, -0.2) is 8.78 Å². The van der Waals surface area contributed by atoms with Crippen LogP contribution in [0.4, 0.5) is 14.6 Å². The molecule has 0 aliphatic heterocycles. The number of ether oxygens (including phenoxy) is 1. The van der Waals surface area contributed by atoms with E-state index in [1.54, 1.807) is 0 Å². The van der Waals surface area contributed by atoms with Crippen molar-refractivity contribution in [1.29, 1.82) is 0 Å². The van der Waals surface area contributed by atoms with Gasteiger partial charge in [0.05, 0.1) is 6.61 Å². The Hall–Kier alpha value is -1.65. The van der Waals surface area contributed by atoms with E-state index in [-0.39, 0.29) is 11.7 Å². The molecule has 1 aliphatic carbocycles. The molecule has 1 heterocycles. The van der Waals surface area contributed by atoms with Crippen LogP contribution in [0.5, 0.6) is 5.88 Å². The second-order valence-electron chi connectivity index (χ2n) is 4.63. The molecular weight excluding hydrogens is 238 g/mol. The number of anilines is 1. The third-order valence-electron chi connectivity index (χ3n) is 3.28. The summed E-state index contributed by atoms with van der Waals surface area (Å²) in [5, 5.41) is 0. The van der Waals surface area contributed by atoms with E-state index in [2.05, 4.69) is 24.1 Å². The van der Waals surface area contributed by atoms with Crippen LogP contribution in [-0.2, 0) is 0 Å². The third kappa shape index (κ3) is 2.78. The van der Waals surface area contributed by atoms with E-state index >= 15 is 0 Å². The van der Waals surface area contributed by atoms with Crippen LogP contribution in [0.15, 0.2) is 18.2 Å². The standard InChI is InChI=1S/C13H16F2N2O/c1-8-4-2-3-5-9(8)7-18-13-11(15)6-10(14)12(16)17-13/h2-3,6,8-9H,4-5,7H2,1H3,(H2,16,17). The van der Waals surface area contributed by atoms with E-state index in [1.165, 1.54) is 0 Å². The van der Waals surface area contributed by atoms with Crippen molar-refractivity contribution in [2.24, 2.45) is 11.8 Å². The highest BCUT2D eigenvalue weighted by atomic mass is 19.1. The Kier molecular flexibility index (Phi) is 3.79. The van der Waals surface area contributed by atoms with Crippen LogP contribution >= 0.6 is 0 Å². The van der Waals surface area contributed by atoms with Crippen molar-refractivity contribution in [3.8, 4) is 5.88 Å². The first-order valence-electron chi connectivity index (χ1n) is 5.97. The van der Waals surface area contributed by atoms with Crippen molar-refractivity contribution >= 4 is 5.82 Å². The maximum Gasteiger partial charge on any atom is 0.252 e. The van der Waals surface area contributed by atoms with Gasteiger partial charge in [0.25, 0.3) is 5.88 Å². The van der Waals surface area contributed by atoms with Crippen LogP contribution in [-0.4, -0.2) is 11.6 Å². The summed E-state index contributed by atoms with van der Waals surface area (Å²) in [5.41, 5.74) is 5.28. The van der Waals surface area contributed by atoms with Crippen LogP contribution in [0.25, 0.3) is 0 Å². The Bertz CT molecular complexity index is 463. The van der Waals surface area contributed by atoms with Crippen molar-refractivity contribution in [2.45, 2.75) is 19.8 Å². The lowest BCUT2D eigenvalue weighted by Crippen LogP contribution is -2.21. The van der Waals surface area contributed by atoms with E-state index in [4.69, 9.17) is 10.5 Å². The zero-order valence-corrected chi connectivity index (χ0v) is 10.2. The molecular formula is C13H16F2N2O. The Morgan fingerprint density at radius 1 is 1.33 bits per heavy atom. The van der Waals surface area contributed by atoms with Crippen molar-refractivity contribution in [2.75, 3.05) is 12.3 Å². The molecule has 2 rings (SSSR count). The van der Waals surface area contributed by atoms with Gasteiger partial charge in [-0.15, -0.1) is 0 Å². The molecule has 2 N–H and O–H groups in total. The maximum absolute atomic E-state index is 13.4.